The summed E-state index contributed by atoms with van der Waals surface area (Å²) in [6, 6.07) is 22.2. The molecule has 1 atom stereocenters. The summed E-state index contributed by atoms with van der Waals surface area (Å²) in [5, 5.41) is 3.71. The van der Waals surface area contributed by atoms with Gasteiger partial charge in [0.05, 0.1) is 5.69 Å². The summed E-state index contributed by atoms with van der Waals surface area (Å²) in [7, 11) is 0. The summed E-state index contributed by atoms with van der Waals surface area (Å²) >= 11 is 1.92. The lowest BCUT2D eigenvalue weighted by molar-refractivity contribution is 0.290. The molecule has 2 aliphatic heterocycles. The zero-order valence-corrected chi connectivity index (χ0v) is 17.0. The van der Waals surface area contributed by atoms with Gasteiger partial charge in [0.2, 0.25) is 0 Å². The summed E-state index contributed by atoms with van der Waals surface area (Å²) < 4.78 is 0. The second-order valence-corrected chi connectivity index (χ2v) is 9.06. The van der Waals surface area contributed by atoms with Gasteiger partial charge in [-0.15, -0.1) is 11.3 Å². The van der Waals surface area contributed by atoms with E-state index in [1.54, 1.807) is 0 Å². The molecular weight excluding hydrogens is 362 g/mol. The number of nitrogens with one attached hydrogen (secondary N) is 1. The SMILES string of the molecule is Cc1cc2c(s1)Cc1ccccc1N=C2N1CCN[C@@H](Cc2ccccc2)C1. The van der Waals surface area contributed by atoms with E-state index in [4.69, 9.17) is 4.99 Å². The summed E-state index contributed by atoms with van der Waals surface area (Å²) in [4.78, 5) is 10.5. The largest absolute Gasteiger partial charge is 0.353 e. The molecule has 5 rings (SSSR count). The lowest BCUT2D eigenvalue weighted by atomic mass is 10.0. The van der Waals surface area contributed by atoms with Crippen LogP contribution in [0.4, 0.5) is 5.69 Å². The van der Waals surface area contributed by atoms with Crippen LogP contribution in [-0.2, 0) is 12.8 Å². The van der Waals surface area contributed by atoms with Crippen LogP contribution in [0.25, 0.3) is 0 Å². The lowest BCUT2D eigenvalue weighted by Crippen LogP contribution is -2.53. The Hall–Kier alpha value is -2.43. The Labute approximate surface area is 170 Å². The number of para-hydroxylation sites is 1. The van der Waals surface area contributed by atoms with Gasteiger partial charge in [-0.3, -0.25) is 0 Å². The van der Waals surface area contributed by atoms with Gasteiger partial charge in [-0.1, -0.05) is 48.5 Å². The summed E-state index contributed by atoms with van der Waals surface area (Å²) in [5.41, 5.74) is 5.18. The molecule has 3 nitrogen and oxygen atoms in total. The summed E-state index contributed by atoms with van der Waals surface area (Å²) in [6.07, 6.45) is 2.03. The van der Waals surface area contributed by atoms with Crippen molar-refractivity contribution in [2.75, 3.05) is 19.6 Å². The Balaban J connectivity index is 1.47. The molecule has 4 heteroatoms. The average Bonchev–Trinajstić information content (AvgIpc) is 3.00. The number of benzene rings is 2. The number of fused-ring (bicyclic) bond motifs is 2. The van der Waals surface area contributed by atoms with E-state index < -0.39 is 0 Å². The highest BCUT2D eigenvalue weighted by Crippen LogP contribution is 2.34. The predicted octanol–water partition coefficient (Wildman–Crippen LogP) is 4.56. The van der Waals surface area contributed by atoms with Crippen LogP contribution in [0.3, 0.4) is 0 Å². The van der Waals surface area contributed by atoms with Crippen LogP contribution in [0, 0.1) is 6.92 Å². The van der Waals surface area contributed by atoms with Crippen molar-refractivity contribution in [2.45, 2.75) is 25.8 Å². The molecule has 1 aromatic heterocycles. The third-order valence-corrected chi connectivity index (χ3v) is 6.67. The molecule has 0 saturated carbocycles. The van der Waals surface area contributed by atoms with E-state index in [-0.39, 0.29) is 0 Å². The molecular formula is C24H25N3S. The molecule has 1 saturated heterocycles. The topological polar surface area (TPSA) is 27.6 Å². The first-order chi connectivity index (χ1) is 13.8. The van der Waals surface area contributed by atoms with Crippen molar-refractivity contribution in [3.63, 3.8) is 0 Å². The monoisotopic (exact) mass is 387 g/mol. The molecule has 3 heterocycles. The summed E-state index contributed by atoms with van der Waals surface area (Å²) in [6.45, 7) is 5.19. The second kappa shape index (κ2) is 7.53. The maximum atomic E-state index is 5.18. The zero-order valence-electron chi connectivity index (χ0n) is 16.2. The van der Waals surface area contributed by atoms with Crippen LogP contribution >= 0.6 is 11.3 Å². The number of aryl methyl sites for hydroxylation is 1. The van der Waals surface area contributed by atoms with Gasteiger partial charge in [-0.2, -0.15) is 0 Å². The van der Waals surface area contributed by atoms with Gasteiger partial charge >= 0.3 is 0 Å². The van der Waals surface area contributed by atoms with Gasteiger partial charge in [0.25, 0.3) is 0 Å². The molecule has 3 aromatic rings. The van der Waals surface area contributed by atoms with Gasteiger partial charge in [0.15, 0.2) is 0 Å². The molecule has 2 aliphatic rings. The molecule has 0 unspecified atom stereocenters. The fourth-order valence-corrected chi connectivity index (χ4v) is 5.35. The first-order valence-corrected chi connectivity index (χ1v) is 10.9. The molecule has 0 spiro atoms. The minimum Gasteiger partial charge on any atom is -0.353 e. The molecule has 28 heavy (non-hydrogen) atoms. The number of piperazine rings is 1. The van der Waals surface area contributed by atoms with E-state index in [0.717, 1.165) is 44.0 Å². The highest BCUT2D eigenvalue weighted by atomic mass is 32.1. The second-order valence-electron chi connectivity index (χ2n) is 7.72. The van der Waals surface area contributed by atoms with Crippen LogP contribution in [0.15, 0.2) is 65.7 Å². The fraction of sp³-hybridized carbons (Fsp3) is 0.292. The van der Waals surface area contributed by atoms with Gasteiger partial charge in [0, 0.05) is 47.4 Å². The average molecular weight is 388 g/mol. The number of amidine groups is 1. The Kier molecular flexibility index (Phi) is 4.75. The van der Waals surface area contributed by atoms with E-state index in [9.17, 15) is 0 Å². The lowest BCUT2D eigenvalue weighted by Gasteiger charge is -2.36. The van der Waals surface area contributed by atoms with Crippen molar-refractivity contribution < 1.29 is 0 Å². The van der Waals surface area contributed by atoms with Crippen LogP contribution < -0.4 is 5.32 Å². The first-order valence-electron chi connectivity index (χ1n) is 10.0. The Morgan fingerprint density at radius 2 is 1.93 bits per heavy atom. The third kappa shape index (κ3) is 3.50. The third-order valence-electron chi connectivity index (χ3n) is 5.62. The number of hydrogen-bond acceptors (Lipinski definition) is 4. The van der Waals surface area contributed by atoms with E-state index >= 15 is 0 Å². The van der Waals surface area contributed by atoms with E-state index in [1.807, 2.05) is 11.3 Å². The molecule has 0 bridgehead atoms. The Morgan fingerprint density at radius 1 is 1.11 bits per heavy atom. The van der Waals surface area contributed by atoms with Crippen molar-refractivity contribution in [3.8, 4) is 0 Å². The van der Waals surface area contributed by atoms with Crippen molar-refractivity contribution in [1.82, 2.24) is 10.2 Å². The highest BCUT2D eigenvalue weighted by molar-refractivity contribution is 7.12. The molecule has 0 radical (unpaired) electrons. The smallest absolute Gasteiger partial charge is 0.137 e. The minimum atomic E-state index is 0.445. The van der Waals surface area contributed by atoms with Crippen LogP contribution in [0.2, 0.25) is 0 Å². The quantitative estimate of drug-likeness (QED) is 0.698. The van der Waals surface area contributed by atoms with Crippen molar-refractivity contribution in [3.05, 3.63) is 87.1 Å². The Morgan fingerprint density at radius 3 is 2.82 bits per heavy atom. The van der Waals surface area contributed by atoms with E-state index in [2.05, 4.69) is 77.8 Å². The van der Waals surface area contributed by atoms with E-state index in [1.165, 1.54) is 26.4 Å². The van der Waals surface area contributed by atoms with Gasteiger partial charge in [0.1, 0.15) is 5.84 Å². The summed E-state index contributed by atoms with van der Waals surface area (Å²) in [5.74, 6) is 1.16. The van der Waals surface area contributed by atoms with Gasteiger partial charge in [-0.25, -0.2) is 4.99 Å². The van der Waals surface area contributed by atoms with Crippen LogP contribution in [-0.4, -0.2) is 36.4 Å². The van der Waals surface area contributed by atoms with Crippen molar-refractivity contribution in [1.29, 1.82) is 0 Å². The number of hydrogen-bond donors (Lipinski definition) is 1. The standard InChI is InChI=1S/C24H25N3S/c1-17-13-21-23(28-17)15-19-9-5-6-10-22(19)26-24(21)27-12-11-25-20(16-27)14-18-7-3-2-4-8-18/h2-10,13,20,25H,11-12,14-16H2,1H3/t20-/m0/s1. The maximum absolute atomic E-state index is 5.18. The van der Waals surface area contributed by atoms with Crippen LogP contribution in [0.1, 0.15) is 26.4 Å². The van der Waals surface area contributed by atoms with Crippen molar-refractivity contribution >= 4 is 22.9 Å². The normalized spacial score (nSPS) is 18.8. The maximum Gasteiger partial charge on any atom is 0.137 e. The molecule has 1 fully saturated rings. The highest BCUT2D eigenvalue weighted by Gasteiger charge is 2.27. The van der Waals surface area contributed by atoms with Crippen molar-refractivity contribution in [2.24, 2.45) is 4.99 Å². The number of rotatable bonds is 2. The zero-order chi connectivity index (χ0) is 18.9. The van der Waals surface area contributed by atoms with E-state index in [0.29, 0.717) is 6.04 Å². The molecule has 2 aromatic carbocycles. The Bertz CT molecular complexity index is 1010. The molecule has 0 aliphatic carbocycles. The number of nitrogens with zero attached hydrogens (tertiary/aromatic N) is 2. The minimum absolute atomic E-state index is 0.445. The molecule has 142 valence electrons. The van der Waals surface area contributed by atoms with Crippen LogP contribution in [0.5, 0.6) is 0 Å². The first kappa shape index (κ1) is 17.7. The van der Waals surface area contributed by atoms with Gasteiger partial charge < -0.3 is 10.2 Å². The number of thiophene rings is 1. The van der Waals surface area contributed by atoms with Gasteiger partial charge in [-0.05, 0) is 36.6 Å². The molecule has 1 N–H and O–H groups in total. The predicted molar refractivity (Wildman–Crippen MR) is 118 cm³/mol. The molecule has 0 amide bonds. The number of aliphatic imine (C=N–C) groups is 1. The fourth-order valence-electron chi connectivity index (χ4n) is 4.29.